The molecule has 0 aromatic rings. The second kappa shape index (κ2) is 5.70. The van der Waals surface area contributed by atoms with Crippen LogP contribution in [0.5, 0.6) is 0 Å². The standard InChI is InChI=1S/C10H20N2O3/c1-10(2,11)6-4-8(13)12(3)7-5-9(14)15/h4-7,11H2,1-3H3,(H,14,15). The highest BCUT2D eigenvalue weighted by Gasteiger charge is 2.15. The molecule has 5 nitrogen and oxygen atoms in total. The summed E-state index contributed by atoms with van der Waals surface area (Å²) in [4.78, 5) is 23.2. The number of nitrogens with two attached hydrogens (primary N) is 1. The summed E-state index contributed by atoms with van der Waals surface area (Å²) in [6.07, 6.45) is 0.942. The van der Waals surface area contributed by atoms with E-state index < -0.39 is 5.97 Å². The van der Waals surface area contributed by atoms with Gasteiger partial charge in [0.1, 0.15) is 0 Å². The largest absolute Gasteiger partial charge is 0.481 e. The molecule has 0 unspecified atom stereocenters. The minimum Gasteiger partial charge on any atom is -0.481 e. The smallest absolute Gasteiger partial charge is 0.305 e. The van der Waals surface area contributed by atoms with Gasteiger partial charge in [0.2, 0.25) is 5.91 Å². The Bertz CT molecular complexity index is 233. The highest BCUT2D eigenvalue weighted by atomic mass is 16.4. The van der Waals surface area contributed by atoms with Crippen molar-refractivity contribution >= 4 is 11.9 Å². The van der Waals surface area contributed by atoms with Crippen molar-refractivity contribution in [2.24, 2.45) is 5.73 Å². The van der Waals surface area contributed by atoms with E-state index in [4.69, 9.17) is 10.8 Å². The monoisotopic (exact) mass is 216 g/mol. The Hall–Kier alpha value is -1.10. The zero-order valence-corrected chi connectivity index (χ0v) is 9.62. The molecule has 15 heavy (non-hydrogen) atoms. The van der Waals surface area contributed by atoms with Gasteiger partial charge in [-0.05, 0) is 20.3 Å². The van der Waals surface area contributed by atoms with Gasteiger partial charge in [-0.15, -0.1) is 0 Å². The first-order valence-electron chi connectivity index (χ1n) is 4.97. The molecule has 0 saturated carbocycles. The molecule has 0 aliphatic heterocycles. The number of nitrogens with zero attached hydrogens (tertiary/aromatic N) is 1. The third-order valence-corrected chi connectivity index (χ3v) is 2.07. The number of carbonyl (C=O) groups excluding carboxylic acids is 1. The summed E-state index contributed by atoms with van der Waals surface area (Å²) in [5.41, 5.74) is 5.38. The number of carbonyl (C=O) groups is 2. The number of rotatable bonds is 6. The van der Waals surface area contributed by atoms with E-state index in [0.29, 0.717) is 12.8 Å². The maximum atomic E-state index is 11.5. The number of hydrogen-bond donors (Lipinski definition) is 2. The summed E-state index contributed by atoms with van der Waals surface area (Å²) in [5.74, 6) is -0.955. The van der Waals surface area contributed by atoms with Gasteiger partial charge < -0.3 is 15.7 Å². The van der Waals surface area contributed by atoms with Gasteiger partial charge in [-0.1, -0.05) is 0 Å². The molecule has 0 aromatic heterocycles. The van der Waals surface area contributed by atoms with Gasteiger partial charge in [0, 0.05) is 25.6 Å². The van der Waals surface area contributed by atoms with Crippen LogP contribution in [0.1, 0.15) is 33.1 Å². The average Bonchev–Trinajstić information content (AvgIpc) is 2.08. The minimum atomic E-state index is -0.895. The van der Waals surface area contributed by atoms with Crippen molar-refractivity contribution in [3.63, 3.8) is 0 Å². The first-order chi connectivity index (χ1) is 6.72. The van der Waals surface area contributed by atoms with E-state index in [0.717, 1.165) is 0 Å². The summed E-state index contributed by atoms with van der Waals surface area (Å²) in [6, 6.07) is 0. The third kappa shape index (κ3) is 7.93. The SMILES string of the molecule is CN(CCC(=O)O)C(=O)CCC(C)(C)N. The second-order valence-electron chi connectivity index (χ2n) is 4.45. The fourth-order valence-corrected chi connectivity index (χ4v) is 1.01. The van der Waals surface area contributed by atoms with Crippen molar-refractivity contribution in [2.75, 3.05) is 13.6 Å². The zero-order valence-electron chi connectivity index (χ0n) is 9.62. The van der Waals surface area contributed by atoms with Crippen LogP contribution in [0.3, 0.4) is 0 Å². The van der Waals surface area contributed by atoms with Crippen LogP contribution < -0.4 is 5.73 Å². The number of hydrogen-bond acceptors (Lipinski definition) is 3. The van der Waals surface area contributed by atoms with Gasteiger partial charge in [0.15, 0.2) is 0 Å². The molecule has 0 aliphatic rings. The summed E-state index contributed by atoms with van der Waals surface area (Å²) >= 11 is 0. The van der Waals surface area contributed by atoms with Crippen LogP contribution in [0.25, 0.3) is 0 Å². The molecule has 0 bridgehead atoms. The maximum Gasteiger partial charge on any atom is 0.305 e. The Balaban J connectivity index is 3.84. The Morgan fingerprint density at radius 1 is 1.33 bits per heavy atom. The quantitative estimate of drug-likeness (QED) is 0.674. The Kier molecular flexibility index (Phi) is 5.28. The van der Waals surface area contributed by atoms with Crippen LogP contribution in [-0.4, -0.2) is 41.0 Å². The van der Waals surface area contributed by atoms with Crippen LogP contribution in [0.15, 0.2) is 0 Å². The van der Waals surface area contributed by atoms with Gasteiger partial charge in [-0.25, -0.2) is 0 Å². The zero-order chi connectivity index (χ0) is 12.1. The van der Waals surface area contributed by atoms with Crippen molar-refractivity contribution < 1.29 is 14.7 Å². The van der Waals surface area contributed by atoms with Crippen molar-refractivity contribution in [3.8, 4) is 0 Å². The van der Waals surface area contributed by atoms with Crippen molar-refractivity contribution in [1.29, 1.82) is 0 Å². The Morgan fingerprint density at radius 2 is 1.87 bits per heavy atom. The first-order valence-corrected chi connectivity index (χ1v) is 4.97. The highest BCUT2D eigenvalue weighted by molar-refractivity contribution is 5.76. The first kappa shape index (κ1) is 13.9. The predicted molar refractivity (Wildman–Crippen MR) is 57.4 cm³/mol. The lowest BCUT2D eigenvalue weighted by Crippen LogP contribution is -2.35. The Labute approximate surface area is 90.2 Å². The molecule has 0 radical (unpaired) electrons. The number of carboxylic acid groups (broad SMARTS) is 1. The summed E-state index contributed by atoms with van der Waals surface area (Å²) in [7, 11) is 1.61. The number of aliphatic carboxylic acids is 1. The molecule has 1 amide bonds. The second-order valence-corrected chi connectivity index (χ2v) is 4.45. The molecule has 0 aromatic carbocycles. The van der Waals surface area contributed by atoms with E-state index in [1.807, 2.05) is 13.8 Å². The Morgan fingerprint density at radius 3 is 2.27 bits per heavy atom. The fraction of sp³-hybridized carbons (Fsp3) is 0.800. The normalized spacial score (nSPS) is 11.2. The van der Waals surface area contributed by atoms with E-state index in [1.54, 1.807) is 7.05 Å². The summed E-state index contributed by atoms with van der Waals surface area (Å²) in [6.45, 7) is 3.97. The van der Waals surface area contributed by atoms with Crippen LogP contribution >= 0.6 is 0 Å². The summed E-state index contributed by atoms with van der Waals surface area (Å²) in [5, 5.41) is 8.45. The lowest BCUT2D eigenvalue weighted by molar-refractivity contribution is -0.138. The topological polar surface area (TPSA) is 83.6 Å². The molecule has 0 fully saturated rings. The van der Waals surface area contributed by atoms with E-state index in [1.165, 1.54) is 4.90 Å². The molecule has 3 N–H and O–H groups in total. The highest BCUT2D eigenvalue weighted by Crippen LogP contribution is 2.08. The molecular formula is C10H20N2O3. The molecule has 0 atom stereocenters. The third-order valence-electron chi connectivity index (χ3n) is 2.07. The summed E-state index contributed by atoms with van der Waals surface area (Å²) < 4.78 is 0. The van der Waals surface area contributed by atoms with E-state index in [-0.39, 0.29) is 24.4 Å². The van der Waals surface area contributed by atoms with E-state index in [2.05, 4.69) is 0 Å². The van der Waals surface area contributed by atoms with E-state index in [9.17, 15) is 9.59 Å². The predicted octanol–water partition coefficient (Wildman–Crippen LogP) is 0.437. The lowest BCUT2D eigenvalue weighted by Gasteiger charge is -2.21. The number of amides is 1. The number of carboxylic acids is 1. The van der Waals surface area contributed by atoms with Gasteiger partial charge in [0.25, 0.3) is 0 Å². The molecule has 0 aliphatic carbocycles. The molecule has 0 rings (SSSR count). The van der Waals surface area contributed by atoms with Gasteiger partial charge in [-0.2, -0.15) is 0 Å². The fourth-order valence-electron chi connectivity index (χ4n) is 1.01. The molecular weight excluding hydrogens is 196 g/mol. The molecule has 0 heterocycles. The van der Waals surface area contributed by atoms with E-state index >= 15 is 0 Å². The molecule has 0 spiro atoms. The van der Waals surface area contributed by atoms with Gasteiger partial charge >= 0.3 is 5.97 Å². The van der Waals surface area contributed by atoms with Crippen molar-refractivity contribution in [3.05, 3.63) is 0 Å². The van der Waals surface area contributed by atoms with Crippen LogP contribution in [0.4, 0.5) is 0 Å². The van der Waals surface area contributed by atoms with Crippen molar-refractivity contribution in [1.82, 2.24) is 4.90 Å². The molecule has 88 valence electrons. The van der Waals surface area contributed by atoms with Crippen LogP contribution in [0.2, 0.25) is 0 Å². The average molecular weight is 216 g/mol. The van der Waals surface area contributed by atoms with Crippen LogP contribution in [-0.2, 0) is 9.59 Å². The van der Waals surface area contributed by atoms with Gasteiger partial charge in [-0.3, -0.25) is 9.59 Å². The van der Waals surface area contributed by atoms with Crippen LogP contribution in [0, 0.1) is 0 Å². The molecule has 5 heteroatoms. The van der Waals surface area contributed by atoms with Crippen molar-refractivity contribution in [2.45, 2.75) is 38.6 Å². The van der Waals surface area contributed by atoms with Gasteiger partial charge in [0.05, 0.1) is 6.42 Å². The molecule has 0 saturated heterocycles. The lowest BCUT2D eigenvalue weighted by atomic mass is 10.00. The minimum absolute atomic E-state index is 0.0196. The maximum absolute atomic E-state index is 11.5.